The van der Waals surface area contributed by atoms with Crippen LogP contribution in [0.1, 0.15) is 22.8 Å². The molecule has 108 valence electrons. The molecule has 0 heterocycles. The van der Waals surface area contributed by atoms with E-state index in [0.717, 1.165) is 11.1 Å². The van der Waals surface area contributed by atoms with E-state index in [1.807, 2.05) is 6.07 Å². The minimum Gasteiger partial charge on any atom is -0.387 e. The first kappa shape index (κ1) is 15.5. The van der Waals surface area contributed by atoms with Gasteiger partial charge in [0.25, 0.3) is 0 Å². The summed E-state index contributed by atoms with van der Waals surface area (Å²) in [6.45, 7) is 0.828. The van der Waals surface area contributed by atoms with Gasteiger partial charge in [-0.05, 0) is 35.4 Å². The molecule has 0 amide bonds. The SMILES string of the molecule is N#Cc1ccc(C(O)CNCc2ccc(F)c(Cl)c2)cc1. The molecule has 2 aromatic rings. The number of nitriles is 1. The van der Waals surface area contributed by atoms with Gasteiger partial charge in [0.2, 0.25) is 0 Å². The van der Waals surface area contributed by atoms with Gasteiger partial charge in [-0.3, -0.25) is 0 Å². The highest BCUT2D eigenvalue weighted by atomic mass is 35.5. The predicted octanol–water partition coefficient (Wildman–Crippen LogP) is 3.17. The zero-order chi connectivity index (χ0) is 15.2. The molecular weight excluding hydrogens is 291 g/mol. The van der Waals surface area contributed by atoms with E-state index in [-0.39, 0.29) is 5.02 Å². The average Bonchev–Trinajstić information content (AvgIpc) is 2.51. The van der Waals surface area contributed by atoms with E-state index in [2.05, 4.69) is 5.32 Å². The highest BCUT2D eigenvalue weighted by Crippen LogP contribution is 2.16. The summed E-state index contributed by atoms with van der Waals surface area (Å²) in [6, 6.07) is 13.3. The number of nitrogens with one attached hydrogen (secondary N) is 1. The van der Waals surface area contributed by atoms with Crippen LogP contribution in [0.2, 0.25) is 5.02 Å². The van der Waals surface area contributed by atoms with Gasteiger partial charge in [0.05, 0.1) is 22.8 Å². The zero-order valence-electron chi connectivity index (χ0n) is 11.2. The molecule has 0 spiro atoms. The third-order valence-electron chi connectivity index (χ3n) is 3.08. The first-order valence-electron chi connectivity index (χ1n) is 6.43. The Labute approximate surface area is 127 Å². The van der Waals surface area contributed by atoms with E-state index in [9.17, 15) is 9.50 Å². The number of aliphatic hydroxyl groups is 1. The van der Waals surface area contributed by atoms with Crippen molar-refractivity contribution in [2.24, 2.45) is 0 Å². The molecule has 0 aliphatic heterocycles. The largest absolute Gasteiger partial charge is 0.387 e. The van der Waals surface area contributed by atoms with Gasteiger partial charge in [0.1, 0.15) is 5.82 Å². The van der Waals surface area contributed by atoms with E-state index >= 15 is 0 Å². The minimum absolute atomic E-state index is 0.0851. The van der Waals surface area contributed by atoms with Gasteiger partial charge >= 0.3 is 0 Å². The van der Waals surface area contributed by atoms with E-state index < -0.39 is 11.9 Å². The molecule has 0 aliphatic rings. The molecule has 2 N–H and O–H groups in total. The van der Waals surface area contributed by atoms with Crippen LogP contribution in [0.5, 0.6) is 0 Å². The Balaban J connectivity index is 1.87. The zero-order valence-corrected chi connectivity index (χ0v) is 11.9. The molecule has 21 heavy (non-hydrogen) atoms. The monoisotopic (exact) mass is 304 g/mol. The Kier molecular flexibility index (Phi) is 5.29. The lowest BCUT2D eigenvalue weighted by molar-refractivity contribution is 0.174. The molecule has 2 aromatic carbocycles. The molecule has 0 fully saturated rings. The Hall–Kier alpha value is -1.93. The fourth-order valence-electron chi connectivity index (χ4n) is 1.90. The molecule has 0 bridgehead atoms. The Morgan fingerprint density at radius 3 is 2.57 bits per heavy atom. The van der Waals surface area contributed by atoms with Crippen LogP contribution >= 0.6 is 11.6 Å². The van der Waals surface area contributed by atoms with E-state index in [1.54, 1.807) is 36.4 Å². The smallest absolute Gasteiger partial charge is 0.141 e. The Morgan fingerprint density at radius 2 is 1.95 bits per heavy atom. The third-order valence-corrected chi connectivity index (χ3v) is 3.37. The van der Waals surface area contributed by atoms with E-state index in [1.165, 1.54) is 6.07 Å². The van der Waals surface area contributed by atoms with Crippen LogP contribution in [0.15, 0.2) is 42.5 Å². The highest BCUT2D eigenvalue weighted by Gasteiger charge is 2.07. The maximum Gasteiger partial charge on any atom is 0.141 e. The van der Waals surface area contributed by atoms with Crippen LogP contribution in [0.3, 0.4) is 0 Å². The Bertz CT molecular complexity index is 652. The third kappa shape index (κ3) is 4.27. The van der Waals surface area contributed by atoms with Gasteiger partial charge in [-0.25, -0.2) is 4.39 Å². The van der Waals surface area contributed by atoms with Crippen molar-refractivity contribution >= 4 is 11.6 Å². The summed E-state index contributed by atoms with van der Waals surface area (Å²) in [7, 11) is 0. The second kappa shape index (κ2) is 7.19. The van der Waals surface area contributed by atoms with Crippen molar-refractivity contribution in [3.63, 3.8) is 0 Å². The van der Waals surface area contributed by atoms with Crippen LogP contribution in [-0.2, 0) is 6.54 Å². The van der Waals surface area contributed by atoms with Gasteiger partial charge in [0.15, 0.2) is 0 Å². The number of nitrogens with zero attached hydrogens (tertiary/aromatic N) is 1. The highest BCUT2D eigenvalue weighted by molar-refractivity contribution is 6.30. The summed E-state index contributed by atoms with van der Waals surface area (Å²) in [5.74, 6) is -0.446. The topological polar surface area (TPSA) is 56.0 Å². The van der Waals surface area contributed by atoms with Crippen molar-refractivity contribution in [3.05, 3.63) is 70.0 Å². The number of hydrogen-bond acceptors (Lipinski definition) is 3. The predicted molar refractivity (Wildman–Crippen MR) is 79.2 cm³/mol. The lowest BCUT2D eigenvalue weighted by Gasteiger charge is -2.12. The van der Waals surface area contributed by atoms with Gasteiger partial charge in [-0.15, -0.1) is 0 Å². The molecular formula is C16H14ClFN2O. The van der Waals surface area contributed by atoms with Crippen molar-refractivity contribution in [2.75, 3.05) is 6.54 Å². The van der Waals surface area contributed by atoms with Crippen LogP contribution < -0.4 is 5.32 Å². The van der Waals surface area contributed by atoms with E-state index in [0.29, 0.717) is 18.7 Å². The summed E-state index contributed by atoms with van der Waals surface area (Å²) in [5, 5.41) is 21.9. The molecule has 2 rings (SSSR count). The van der Waals surface area contributed by atoms with Crippen molar-refractivity contribution < 1.29 is 9.50 Å². The molecule has 5 heteroatoms. The Morgan fingerprint density at radius 1 is 1.24 bits per heavy atom. The van der Waals surface area contributed by atoms with E-state index in [4.69, 9.17) is 16.9 Å². The fraction of sp³-hybridized carbons (Fsp3) is 0.188. The number of halogens is 2. The lowest BCUT2D eigenvalue weighted by Crippen LogP contribution is -2.21. The normalized spacial score (nSPS) is 11.9. The maximum atomic E-state index is 13.0. The first-order valence-corrected chi connectivity index (χ1v) is 6.80. The summed E-state index contributed by atoms with van der Waals surface area (Å²) >= 11 is 5.70. The molecule has 0 aliphatic carbocycles. The number of benzene rings is 2. The summed E-state index contributed by atoms with van der Waals surface area (Å²) < 4.78 is 13.0. The number of hydrogen-bond donors (Lipinski definition) is 2. The second-order valence-electron chi connectivity index (χ2n) is 4.63. The number of aliphatic hydroxyl groups excluding tert-OH is 1. The standard InChI is InChI=1S/C16H14ClFN2O/c17-14-7-12(3-6-15(14)18)9-20-10-16(21)13-4-1-11(8-19)2-5-13/h1-7,16,20-21H,9-10H2. The molecule has 1 unspecified atom stereocenters. The molecule has 0 saturated carbocycles. The fourth-order valence-corrected chi connectivity index (χ4v) is 2.10. The second-order valence-corrected chi connectivity index (χ2v) is 5.04. The van der Waals surface area contributed by atoms with Gasteiger partial charge in [-0.1, -0.05) is 29.8 Å². The van der Waals surface area contributed by atoms with Crippen molar-refractivity contribution in [2.45, 2.75) is 12.6 Å². The van der Waals surface area contributed by atoms with Crippen LogP contribution in [-0.4, -0.2) is 11.7 Å². The molecule has 1 atom stereocenters. The van der Waals surface area contributed by atoms with Crippen LogP contribution in [0.25, 0.3) is 0 Å². The first-order chi connectivity index (χ1) is 10.1. The maximum absolute atomic E-state index is 13.0. The van der Waals surface area contributed by atoms with Crippen LogP contribution in [0, 0.1) is 17.1 Å². The molecule has 0 aromatic heterocycles. The van der Waals surface area contributed by atoms with Crippen molar-refractivity contribution in [3.8, 4) is 6.07 Å². The lowest BCUT2D eigenvalue weighted by atomic mass is 10.1. The van der Waals surface area contributed by atoms with Crippen LogP contribution in [0.4, 0.5) is 4.39 Å². The quantitative estimate of drug-likeness (QED) is 0.892. The molecule has 3 nitrogen and oxygen atoms in total. The van der Waals surface area contributed by atoms with Crippen molar-refractivity contribution in [1.29, 1.82) is 5.26 Å². The minimum atomic E-state index is -0.673. The number of rotatable bonds is 5. The summed E-state index contributed by atoms with van der Waals surface area (Å²) in [6.07, 6.45) is -0.673. The molecule has 0 radical (unpaired) electrons. The molecule has 0 saturated heterocycles. The summed E-state index contributed by atoms with van der Waals surface area (Å²) in [5.41, 5.74) is 2.13. The summed E-state index contributed by atoms with van der Waals surface area (Å²) in [4.78, 5) is 0. The van der Waals surface area contributed by atoms with Gasteiger partial charge in [0, 0.05) is 13.1 Å². The average molecular weight is 305 g/mol. The van der Waals surface area contributed by atoms with Gasteiger partial charge in [-0.2, -0.15) is 5.26 Å². The van der Waals surface area contributed by atoms with Crippen molar-refractivity contribution in [1.82, 2.24) is 5.32 Å². The van der Waals surface area contributed by atoms with Gasteiger partial charge < -0.3 is 10.4 Å².